The highest BCUT2D eigenvalue weighted by molar-refractivity contribution is 6.10. The molecule has 0 aromatic heterocycles. The molecule has 3 atom stereocenters. The summed E-state index contributed by atoms with van der Waals surface area (Å²) in [4.78, 5) is 54.8. The minimum Gasteiger partial charge on any atom is -0.454 e. The van der Waals surface area contributed by atoms with Gasteiger partial charge in [-0.25, -0.2) is 9.18 Å². The molecule has 8 heteroatoms. The average molecular weight is 527 g/mol. The molecule has 1 saturated heterocycles. The summed E-state index contributed by atoms with van der Waals surface area (Å²) in [5.41, 5.74) is 4.54. The molecule has 3 aromatic carbocycles. The number of anilines is 1. The SMILES string of the molecule is CC(C)[C@H](C(=O)OCC(=O)Nc1ccc(F)cc1)N1C(=O)[C@@H]2C3c4ccccc4C(c4ccccc43)[C@@H]2C1=O. The highest BCUT2D eigenvalue weighted by atomic mass is 19.1. The molecule has 1 fully saturated rings. The summed E-state index contributed by atoms with van der Waals surface area (Å²) < 4.78 is 18.4. The number of amides is 3. The van der Waals surface area contributed by atoms with Crippen molar-refractivity contribution in [3.63, 3.8) is 0 Å². The fraction of sp³-hybridized carbons (Fsp3) is 0.290. The maximum Gasteiger partial charge on any atom is 0.330 e. The molecule has 3 aliphatic carbocycles. The molecule has 0 spiro atoms. The fourth-order valence-electron chi connectivity index (χ4n) is 6.60. The molecule has 1 heterocycles. The zero-order valence-corrected chi connectivity index (χ0v) is 21.5. The summed E-state index contributed by atoms with van der Waals surface area (Å²) in [6, 6.07) is 19.9. The number of likely N-dealkylation sites (tertiary alicyclic amines) is 1. The fourth-order valence-corrected chi connectivity index (χ4v) is 6.60. The van der Waals surface area contributed by atoms with Crippen LogP contribution in [0.2, 0.25) is 0 Å². The van der Waals surface area contributed by atoms with E-state index in [0.717, 1.165) is 27.2 Å². The highest BCUT2D eigenvalue weighted by Gasteiger charge is 2.63. The number of nitrogens with zero attached hydrogens (tertiary/aromatic N) is 1. The first kappa shape index (κ1) is 25.0. The smallest absolute Gasteiger partial charge is 0.330 e. The lowest BCUT2D eigenvalue weighted by Gasteiger charge is -2.45. The number of hydrogen-bond acceptors (Lipinski definition) is 5. The van der Waals surface area contributed by atoms with E-state index in [1.54, 1.807) is 13.8 Å². The van der Waals surface area contributed by atoms with Crippen molar-refractivity contribution >= 4 is 29.4 Å². The largest absolute Gasteiger partial charge is 0.454 e. The first-order valence-corrected chi connectivity index (χ1v) is 13.0. The van der Waals surface area contributed by atoms with E-state index in [1.807, 2.05) is 48.5 Å². The number of hydrogen-bond donors (Lipinski definition) is 1. The Hall–Kier alpha value is -4.33. The van der Waals surface area contributed by atoms with E-state index in [4.69, 9.17) is 4.74 Å². The third-order valence-electron chi connectivity index (χ3n) is 8.11. The van der Waals surface area contributed by atoms with Crippen LogP contribution in [-0.2, 0) is 23.9 Å². The quantitative estimate of drug-likeness (QED) is 0.384. The van der Waals surface area contributed by atoms with Crippen LogP contribution >= 0.6 is 0 Å². The Bertz CT molecular complexity index is 1390. The molecule has 4 aliphatic rings. The molecule has 7 rings (SSSR count). The maximum absolute atomic E-state index is 14.0. The predicted octanol–water partition coefficient (Wildman–Crippen LogP) is 4.22. The molecule has 3 aromatic rings. The molecule has 7 nitrogen and oxygen atoms in total. The van der Waals surface area contributed by atoms with Crippen LogP contribution in [0.4, 0.5) is 10.1 Å². The van der Waals surface area contributed by atoms with Crippen LogP contribution < -0.4 is 5.32 Å². The van der Waals surface area contributed by atoms with E-state index < -0.39 is 48.1 Å². The van der Waals surface area contributed by atoms with E-state index >= 15 is 0 Å². The third kappa shape index (κ3) is 3.93. The van der Waals surface area contributed by atoms with Gasteiger partial charge in [0, 0.05) is 17.5 Å². The van der Waals surface area contributed by atoms with Gasteiger partial charge in [0.25, 0.3) is 5.91 Å². The van der Waals surface area contributed by atoms with Crippen LogP contribution in [0.1, 0.15) is 47.9 Å². The first-order valence-electron chi connectivity index (χ1n) is 13.0. The van der Waals surface area contributed by atoms with Gasteiger partial charge in [0.2, 0.25) is 11.8 Å². The van der Waals surface area contributed by atoms with Crippen molar-refractivity contribution < 1.29 is 28.3 Å². The maximum atomic E-state index is 14.0. The van der Waals surface area contributed by atoms with Gasteiger partial charge in [0.1, 0.15) is 11.9 Å². The Kier molecular flexibility index (Phi) is 6.05. The zero-order chi connectivity index (χ0) is 27.4. The van der Waals surface area contributed by atoms with Crippen molar-refractivity contribution in [3.8, 4) is 0 Å². The minimum absolute atomic E-state index is 0.279. The van der Waals surface area contributed by atoms with E-state index in [9.17, 15) is 23.6 Å². The van der Waals surface area contributed by atoms with Crippen LogP contribution in [0.25, 0.3) is 0 Å². The summed E-state index contributed by atoms with van der Waals surface area (Å²) in [5.74, 6) is -4.85. The summed E-state index contributed by atoms with van der Waals surface area (Å²) in [5, 5.41) is 2.53. The van der Waals surface area contributed by atoms with Crippen molar-refractivity contribution in [2.75, 3.05) is 11.9 Å². The van der Waals surface area contributed by atoms with Crippen molar-refractivity contribution in [1.82, 2.24) is 4.90 Å². The first-order chi connectivity index (χ1) is 18.8. The van der Waals surface area contributed by atoms with Gasteiger partial charge in [-0.2, -0.15) is 0 Å². The second kappa shape index (κ2) is 9.45. The molecular weight excluding hydrogens is 499 g/mol. The van der Waals surface area contributed by atoms with E-state index in [0.29, 0.717) is 5.69 Å². The molecule has 39 heavy (non-hydrogen) atoms. The van der Waals surface area contributed by atoms with Gasteiger partial charge in [-0.15, -0.1) is 0 Å². The minimum atomic E-state index is -1.17. The highest BCUT2D eigenvalue weighted by Crippen LogP contribution is 2.61. The summed E-state index contributed by atoms with van der Waals surface area (Å²) in [7, 11) is 0. The van der Waals surface area contributed by atoms with Crippen LogP contribution in [0.15, 0.2) is 72.8 Å². The van der Waals surface area contributed by atoms with Crippen LogP contribution in [0.3, 0.4) is 0 Å². The van der Waals surface area contributed by atoms with Crippen molar-refractivity contribution in [2.45, 2.75) is 31.7 Å². The standard InChI is InChI=1S/C31H27FN2O5/c1-16(2)28(31(38)39-15-23(35)33-18-13-11-17(32)12-14-18)34-29(36)26-24-19-7-3-4-8-20(19)25(27(26)30(34)37)22-10-6-5-9-21(22)24/h3-14,16,24-28H,15H2,1-2H3,(H,33,35)/t24?,25?,26-,27+,28-/m1/s1. The van der Waals surface area contributed by atoms with Gasteiger partial charge in [0.15, 0.2) is 6.61 Å². The normalized spacial score (nSPS) is 23.2. The van der Waals surface area contributed by atoms with Gasteiger partial charge in [-0.05, 0) is 52.4 Å². The molecule has 3 amide bonds. The molecule has 0 saturated carbocycles. The van der Waals surface area contributed by atoms with Crippen LogP contribution in [0, 0.1) is 23.6 Å². The Balaban J connectivity index is 1.26. The number of carbonyl (C=O) groups excluding carboxylic acids is 4. The Morgan fingerprint density at radius 3 is 1.72 bits per heavy atom. The van der Waals surface area contributed by atoms with Gasteiger partial charge in [0.05, 0.1) is 11.8 Å². The Labute approximate surface area is 225 Å². The van der Waals surface area contributed by atoms with Crippen LogP contribution in [-0.4, -0.2) is 41.2 Å². The lowest BCUT2D eigenvalue weighted by atomic mass is 9.55. The number of benzene rings is 3. The summed E-state index contributed by atoms with van der Waals surface area (Å²) in [6.07, 6.45) is 0. The topological polar surface area (TPSA) is 92.8 Å². The van der Waals surface area contributed by atoms with E-state index in [1.165, 1.54) is 24.3 Å². The lowest BCUT2D eigenvalue weighted by molar-refractivity contribution is -0.162. The Morgan fingerprint density at radius 1 is 0.821 bits per heavy atom. The molecule has 198 valence electrons. The van der Waals surface area contributed by atoms with Gasteiger partial charge in [-0.3, -0.25) is 19.3 Å². The number of imide groups is 1. The predicted molar refractivity (Wildman–Crippen MR) is 140 cm³/mol. The Morgan fingerprint density at radius 2 is 1.28 bits per heavy atom. The molecule has 0 radical (unpaired) electrons. The third-order valence-corrected chi connectivity index (χ3v) is 8.11. The van der Waals surface area contributed by atoms with Gasteiger partial charge >= 0.3 is 5.97 Å². The van der Waals surface area contributed by atoms with Crippen molar-refractivity contribution in [1.29, 1.82) is 0 Å². The zero-order valence-electron chi connectivity index (χ0n) is 21.5. The van der Waals surface area contributed by atoms with E-state index in [2.05, 4.69) is 5.32 Å². The second-order valence-electron chi connectivity index (χ2n) is 10.7. The number of rotatable bonds is 6. The van der Waals surface area contributed by atoms with Crippen molar-refractivity contribution in [3.05, 3.63) is 101 Å². The van der Waals surface area contributed by atoms with Gasteiger partial charge < -0.3 is 10.1 Å². The summed E-state index contributed by atoms with van der Waals surface area (Å²) in [6.45, 7) is 2.88. The number of nitrogens with one attached hydrogen (secondary N) is 1. The van der Waals surface area contributed by atoms with Crippen LogP contribution in [0.5, 0.6) is 0 Å². The lowest BCUT2D eigenvalue weighted by Crippen LogP contribution is -2.49. The van der Waals surface area contributed by atoms with Gasteiger partial charge in [-0.1, -0.05) is 62.4 Å². The molecular formula is C31H27FN2O5. The number of carbonyl (C=O) groups is 4. The molecule has 2 bridgehead atoms. The molecule has 1 aliphatic heterocycles. The number of esters is 1. The molecule has 1 N–H and O–H groups in total. The van der Waals surface area contributed by atoms with Crippen molar-refractivity contribution in [2.24, 2.45) is 17.8 Å². The number of ether oxygens (including phenoxy) is 1. The second-order valence-corrected chi connectivity index (χ2v) is 10.7. The number of halogens is 1. The molecule has 0 unspecified atom stereocenters. The van der Waals surface area contributed by atoms with E-state index in [-0.39, 0.29) is 23.7 Å². The monoisotopic (exact) mass is 526 g/mol. The average Bonchev–Trinajstić information content (AvgIpc) is 3.19. The summed E-state index contributed by atoms with van der Waals surface area (Å²) >= 11 is 0.